The number of anilines is 1. The Bertz CT molecular complexity index is 376. The third-order valence-corrected chi connectivity index (χ3v) is 3.59. The van der Waals surface area contributed by atoms with Gasteiger partial charge in [-0.1, -0.05) is 6.92 Å². The molecule has 1 saturated heterocycles. The lowest BCUT2D eigenvalue weighted by Crippen LogP contribution is -2.32. The molecule has 5 heteroatoms. The predicted octanol–water partition coefficient (Wildman–Crippen LogP) is 1.98. The molecule has 1 aliphatic heterocycles. The predicted molar refractivity (Wildman–Crippen MR) is 80.9 cm³/mol. The summed E-state index contributed by atoms with van der Waals surface area (Å²) >= 11 is 0. The minimum atomic E-state index is 0.350. The molecule has 1 aromatic heterocycles. The van der Waals surface area contributed by atoms with Crippen LogP contribution in [0.1, 0.15) is 38.8 Å². The van der Waals surface area contributed by atoms with Crippen molar-refractivity contribution in [1.82, 2.24) is 15.5 Å². The molecule has 2 rings (SSSR count). The van der Waals surface area contributed by atoms with Gasteiger partial charge in [-0.25, -0.2) is 0 Å². The minimum absolute atomic E-state index is 0.350. The standard InChI is InChI=1S/C15H26N4O/c1-3-9-16-11-13-7-8-15(18-17-13)19(4-2)12-14-6-5-10-20-14/h7-8,14,16H,3-6,9-12H2,1-2H3. The van der Waals surface area contributed by atoms with E-state index in [1.807, 2.05) is 0 Å². The van der Waals surface area contributed by atoms with Crippen molar-refractivity contribution >= 4 is 5.82 Å². The lowest BCUT2D eigenvalue weighted by atomic mass is 10.2. The van der Waals surface area contributed by atoms with Gasteiger partial charge in [0.25, 0.3) is 0 Å². The molecule has 0 radical (unpaired) electrons. The van der Waals surface area contributed by atoms with Gasteiger partial charge < -0.3 is 15.0 Å². The van der Waals surface area contributed by atoms with Gasteiger partial charge in [-0.05, 0) is 44.9 Å². The van der Waals surface area contributed by atoms with Crippen LogP contribution in [0.3, 0.4) is 0 Å². The lowest BCUT2D eigenvalue weighted by molar-refractivity contribution is 0.115. The molecule has 1 unspecified atom stereocenters. The lowest BCUT2D eigenvalue weighted by Gasteiger charge is -2.24. The fraction of sp³-hybridized carbons (Fsp3) is 0.733. The summed E-state index contributed by atoms with van der Waals surface area (Å²) in [5.74, 6) is 0.947. The van der Waals surface area contributed by atoms with E-state index in [-0.39, 0.29) is 0 Å². The van der Waals surface area contributed by atoms with Crippen LogP contribution in [-0.4, -0.2) is 42.5 Å². The van der Waals surface area contributed by atoms with Gasteiger partial charge in [0.1, 0.15) is 0 Å². The number of hydrogen-bond acceptors (Lipinski definition) is 5. The van der Waals surface area contributed by atoms with Gasteiger partial charge >= 0.3 is 0 Å². The van der Waals surface area contributed by atoms with Crippen LogP contribution in [-0.2, 0) is 11.3 Å². The van der Waals surface area contributed by atoms with E-state index in [4.69, 9.17) is 4.74 Å². The van der Waals surface area contributed by atoms with Crippen molar-refractivity contribution in [1.29, 1.82) is 0 Å². The maximum Gasteiger partial charge on any atom is 0.151 e. The molecule has 1 atom stereocenters. The first-order valence-corrected chi connectivity index (χ1v) is 7.73. The van der Waals surface area contributed by atoms with Gasteiger partial charge in [0.15, 0.2) is 5.82 Å². The molecule has 0 amide bonds. The summed E-state index contributed by atoms with van der Waals surface area (Å²) < 4.78 is 5.70. The second kappa shape index (κ2) is 8.17. The SMILES string of the molecule is CCCNCc1ccc(N(CC)CC2CCCO2)nn1. The van der Waals surface area contributed by atoms with Crippen molar-refractivity contribution in [3.05, 3.63) is 17.8 Å². The summed E-state index contributed by atoms with van der Waals surface area (Å²) in [6, 6.07) is 4.12. The van der Waals surface area contributed by atoms with Crippen LogP contribution in [0, 0.1) is 0 Å². The van der Waals surface area contributed by atoms with Gasteiger partial charge in [0, 0.05) is 26.2 Å². The zero-order chi connectivity index (χ0) is 14.2. The second-order valence-corrected chi connectivity index (χ2v) is 5.23. The van der Waals surface area contributed by atoms with Crippen LogP contribution in [0.2, 0.25) is 0 Å². The first kappa shape index (κ1) is 15.2. The van der Waals surface area contributed by atoms with Gasteiger partial charge in [-0.2, -0.15) is 5.10 Å². The summed E-state index contributed by atoms with van der Waals surface area (Å²) in [6.07, 6.45) is 3.82. The first-order chi connectivity index (χ1) is 9.83. The van der Waals surface area contributed by atoms with Crippen molar-refractivity contribution in [2.75, 3.05) is 31.1 Å². The van der Waals surface area contributed by atoms with Gasteiger partial charge in [-0.15, -0.1) is 5.10 Å². The third kappa shape index (κ3) is 4.42. The third-order valence-electron chi connectivity index (χ3n) is 3.59. The van der Waals surface area contributed by atoms with E-state index in [0.29, 0.717) is 6.10 Å². The fourth-order valence-corrected chi connectivity index (χ4v) is 2.43. The van der Waals surface area contributed by atoms with E-state index >= 15 is 0 Å². The van der Waals surface area contributed by atoms with Crippen molar-refractivity contribution in [3.8, 4) is 0 Å². The zero-order valence-electron chi connectivity index (χ0n) is 12.6. The Hall–Kier alpha value is -1.20. The van der Waals surface area contributed by atoms with Crippen molar-refractivity contribution in [2.45, 2.75) is 45.8 Å². The average Bonchev–Trinajstić information content (AvgIpc) is 2.99. The molecule has 0 spiro atoms. The molecule has 20 heavy (non-hydrogen) atoms. The number of aromatic nitrogens is 2. The maximum atomic E-state index is 5.70. The molecule has 1 aliphatic rings. The molecule has 2 heterocycles. The molecule has 0 saturated carbocycles. The quantitative estimate of drug-likeness (QED) is 0.737. The van der Waals surface area contributed by atoms with Gasteiger partial charge in [-0.3, -0.25) is 0 Å². The molecular weight excluding hydrogens is 252 g/mol. The van der Waals surface area contributed by atoms with Crippen LogP contribution in [0.5, 0.6) is 0 Å². The zero-order valence-corrected chi connectivity index (χ0v) is 12.6. The van der Waals surface area contributed by atoms with Crippen LogP contribution in [0.25, 0.3) is 0 Å². The molecule has 1 aromatic rings. The topological polar surface area (TPSA) is 50.3 Å². The molecule has 1 N–H and O–H groups in total. The Labute approximate surface area is 121 Å². The highest BCUT2D eigenvalue weighted by atomic mass is 16.5. The highest BCUT2D eigenvalue weighted by Crippen LogP contribution is 2.17. The van der Waals surface area contributed by atoms with Gasteiger partial charge in [0.2, 0.25) is 0 Å². The van der Waals surface area contributed by atoms with Crippen LogP contribution in [0.4, 0.5) is 5.82 Å². The van der Waals surface area contributed by atoms with E-state index in [1.165, 1.54) is 6.42 Å². The highest BCUT2D eigenvalue weighted by molar-refractivity contribution is 5.37. The van der Waals surface area contributed by atoms with Crippen molar-refractivity contribution in [3.63, 3.8) is 0 Å². The van der Waals surface area contributed by atoms with E-state index in [0.717, 1.165) is 57.1 Å². The normalized spacial score (nSPS) is 18.4. The number of hydrogen-bond donors (Lipinski definition) is 1. The second-order valence-electron chi connectivity index (χ2n) is 5.23. The van der Waals surface area contributed by atoms with Crippen LogP contribution in [0.15, 0.2) is 12.1 Å². The summed E-state index contributed by atoms with van der Waals surface area (Å²) in [5, 5.41) is 12.0. The Balaban J connectivity index is 1.88. The summed E-state index contributed by atoms with van der Waals surface area (Å²) in [7, 11) is 0. The first-order valence-electron chi connectivity index (χ1n) is 7.73. The van der Waals surface area contributed by atoms with Crippen molar-refractivity contribution < 1.29 is 4.74 Å². The van der Waals surface area contributed by atoms with E-state index in [1.54, 1.807) is 0 Å². The van der Waals surface area contributed by atoms with Crippen LogP contribution < -0.4 is 10.2 Å². The maximum absolute atomic E-state index is 5.70. The Morgan fingerprint density at radius 3 is 2.85 bits per heavy atom. The number of rotatable bonds is 8. The van der Waals surface area contributed by atoms with Crippen LogP contribution >= 0.6 is 0 Å². The highest BCUT2D eigenvalue weighted by Gasteiger charge is 2.19. The molecule has 5 nitrogen and oxygen atoms in total. The summed E-state index contributed by atoms with van der Waals surface area (Å²) in [6.45, 7) is 8.86. The average molecular weight is 278 g/mol. The number of nitrogens with one attached hydrogen (secondary N) is 1. The minimum Gasteiger partial charge on any atom is -0.376 e. The molecular formula is C15H26N4O. The monoisotopic (exact) mass is 278 g/mol. The largest absolute Gasteiger partial charge is 0.376 e. The van der Waals surface area contributed by atoms with E-state index in [2.05, 4.69) is 46.4 Å². The Morgan fingerprint density at radius 1 is 1.35 bits per heavy atom. The number of nitrogens with zero attached hydrogens (tertiary/aromatic N) is 3. The molecule has 1 fully saturated rings. The Morgan fingerprint density at radius 2 is 2.25 bits per heavy atom. The number of likely N-dealkylation sites (N-methyl/N-ethyl adjacent to an activating group) is 1. The van der Waals surface area contributed by atoms with E-state index < -0.39 is 0 Å². The van der Waals surface area contributed by atoms with Gasteiger partial charge in [0.05, 0.1) is 11.8 Å². The summed E-state index contributed by atoms with van der Waals surface area (Å²) in [4.78, 5) is 2.24. The molecule has 0 aliphatic carbocycles. The molecule has 112 valence electrons. The van der Waals surface area contributed by atoms with E-state index in [9.17, 15) is 0 Å². The number of ether oxygens (including phenoxy) is 1. The van der Waals surface area contributed by atoms with Crippen molar-refractivity contribution in [2.24, 2.45) is 0 Å². The fourth-order valence-electron chi connectivity index (χ4n) is 2.43. The smallest absolute Gasteiger partial charge is 0.151 e. The summed E-state index contributed by atoms with van der Waals surface area (Å²) in [5.41, 5.74) is 0.996. The Kier molecular flexibility index (Phi) is 6.21. The molecule has 0 aromatic carbocycles. The molecule has 0 bridgehead atoms.